The van der Waals surface area contributed by atoms with Crippen molar-refractivity contribution in [2.24, 2.45) is 11.1 Å². The standard InChI is InChI=1S/C13H22N2OS/c14-9-13(6-4-2-1-3-5-7-13)12(16)11-8-15-10-17-11/h8,10,12,16H,1-7,9,14H2. The molecule has 2 rings (SSSR count). The number of aromatic nitrogens is 1. The van der Waals surface area contributed by atoms with Crippen molar-refractivity contribution in [1.29, 1.82) is 0 Å². The number of aliphatic hydroxyl groups is 1. The topological polar surface area (TPSA) is 59.1 Å². The third-order valence-corrected chi connectivity index (χ3v) is 4.88. The van der Waals surface area contributed by atoms with Crippen molar-refractivity contribution in [1.82, 2.24) is 4.98 Å². The van der Waals surface area contributed by atoms with Gasteiger partial charge in [-0.15, -0.1) is 11.3 Å². The van der Waals surface area contributed by atoms with Crippen LogP contribution < -0.4 is 5.73 Å². The molecule has 1 aliphatic carbocycles. The normalized spacial score (nSPS) is 22.7. The van der Waals surface area contributed by atoms with Crippen molar-refractivity contribution in [3.63, 3.8) is 0 Å². The smallest absolute Gasteiger partial charge is 0.0966 e. The molecule has 3 nitrogen and oxygen atoms in total. The van der Waals surface area contributed by atoms with Crippen LogP contribution in [0.3, 0.4) is 0 Å². The Morgan fingerprint density at radius 3 is 2.47 bits per heavy atom. The van der Waals surface area contributed by atoms with E-state index in [2.05, 4.69) is 4.98 Å². The Hall–Kier alpha value is -0.450. The monoisotopic (exact) mass is 254 g/mol. The Labute approximate surface area is 107 Å². The first-order chi connectivity index (χ1) is 8.28. The van der Waals surface area contributed by atoms with E-state index in [9.17, 15) is 5.11 Å². The molecule has 1 saturated carbocycles. The first-order valence-electron chi connectivity index (χ1n) is 6.55. The molecular formula is C13H22N2OS. The van der Waals surface area contributed by atoms with Gasteiger partial charge in [0.25, 0.3) is 0 Å². The molecule has 0 aromatic carbocycles. The first-order valence-corrected chi connectivity index (χ1v) is 7.43. The van der Waals surface area contributed by atoms with Crippen LogP contribution >= 0.6 is 11.3 Å². The van der Waals surface area contributed by atoms with Gasteiger partial charge < -0.3 is 10.8 Å². The maximum absolute atomic E-state index is 10.6. The lowest BCUT2D eigenvalue weighted by Crippen LogP contribution is -2.37. The van der Waals surface area contributed by atoms with Gasteiger partial charge in [0.2, 0.25) is 0 Å². The molecule has 1 aliphatic rings. The number of nitrogens with zero attached hydrogens (tertiary/aromatic N) is 1. The van der Waals surface area contributed by atoms with Crippen molar-refractivity contribution in [2.45, 2.75) is 51.0 Å². The fourth-order valence-electron chi connectivity index (χ4n) is 2.86. The van der Waals surface area contributed by atoms with Gasteiger partial charge in [-0.1, -0.05) is 32.1 Å². The Morgan fingerprint density at radius 2 is 1.94 bits per heavy atom. The molecule has 4 heteroatoms. The molecule has 1 unspecified atom stereocenters. The summed E-state index contributed by atoms with van der Waals surface area (Å²) in [5, 5.41) is 10.6. The van der Waals surface area contributed by atoms with Crippen molar-refractivity contribution < 1.29 is 5.11 Å². The summed E-state index contributed by atoms with van der Waals surface area (Å²) in [6.07, 6.45) is 9.70. The molecule has 1 aromatic heterocycles. The predicted octanol–water partition coefficient (Wildman–Crippen LogP) is 2.87. The predicted molar refractivity (Wildman–Crippen MR) is 70.9 cm³/mol. The van der Waals surface area contributed by atoms with Crippen LogP contribution in [-0.2, 0) is 0 Å². The van der Waals surface area contributed by atoms with E-state index in [1.807, 2.05) is 0 Å². The molecule has 96 valence electrons. The van der Waals surface area contributed by atoms with Crippen LogP contribution in [0.1, 0.15) is 55.9 Å². The molecule has 1 atom stereocenters. The lowest BCUT2D eigenvalue weighted by atomic mass is 9.72. The van der Waals surface area contributed by atoms with Gasteiger partial charge in [-0.25, -0.2) is 0 Å². The number of aliphatic hydroxyl groups excluding tert-OH is 1. The second-order valence-electron chi connectivity index (χ2n) is 5.14. The minimum atomic E-state index is -0.432. The van der Waals surface area contributed by atoms with Crippen LogP contribution in [-0.4, -0.2) is 16.6 Å². The van der Waals surface area contributed by atoms with Gasteiger partial charge >= 0.3 is 0 Å². The fourth-order valence-corrected chi connectivity index (χ4v) is 3.61. The highest BCUT2D eigenvalue weighted by atomic mass is 32.1. The van der Waals surface area contributed by atoms with Crippen LogP contribution in [0.4, 0.5) is 0 Å². The van der Waals surface area contributed by atoms with Gasteiger partial charge in [-0.2, -0.15) is 0 Å². The number of hydrogen-bond acceptors (Lipinski definition) is 4. The Bertz CT molecular complexity index is 318. The van der Waals surface area contributed by atoms with Crippen molar-refractivity contribution in [3.8, 4) is 0 Å². The van der Waals surface area contributed by atoms with E-state index in [-0.39, 0.29) is 5.41 Å². The third kappa shape index (κ3) is 2.87. The Kier molecular flexibility index (Phi) is 4.54. The number of rotatable bonds is 3. The second-order valence-corrected chi connectivity index (χ2v) is 6.06. The first kappa shape index (κ1) is 13.0. The molecule has 1 fully saturated rings. The van der Waals surface area contributed by atoms with E-state index in [1.54, 1.807) is 11.7 Å². The Balaban J connectivity index is 2.15. The number of hydrogen-bond donors (Lipinski definition) is 2. The summed E-state index contributed by atoms with van der Waals surface area (Å²) in [6.45, 7) is 0.575. The van der Waals surface area contributed by atoms with E-state index >= 15 is 0 Å². The van der Waals surface area contributed by atoms with Gasteiger partial charge in [0, 0.05) is 18.2 Å². The largest absolute Gasteiger partial charge is 0.387 e. The molecule has 17 heavy (non-hydrogen) atoms. The van der Waals surface area contributed by atoms with E-state index < -0.39 is 6.10 Å². The minimum Gasteiger partial charge on any atom is -0.387 e. The van der Waals surface area contributed by atoms with Crippen molar-refractivity contribution >= 4 is 11.3 Å². The summed E-state index contributed by atoms with van der Waals surface area (Å²) in [5.74, 6) is 0. The van der Waals surface area contributed by atoms with Gasteiger partial charge in [0.15, 0.2) is 0 Å². The summed E-state index contributed by atoms with van der Waals surface area (Å²) < 4.78 is 0. The highest BCUT2D eigenvalue weighted by Crippen LogP contribution is 2.44. The molecule has 0 bridgehead atoms. The van der Waals surface area contributed by atoms with Crippen LogP contribution in [0.2, 0.25) is 0 Å². The minimum absolute atomic E-state index is 0.118. The molecule has 0 aliphatic heterocycles. The highest BCUT2D eigenvalue weighted by molar-refractivity contribution is 7.09. The maximum Gasteiger partial charge on any atom is 0.0966 e. The van der Waals surface area contributed by atoms with Gasteiger partial charge in [0.1, 0.15) is 0 Å². The zero-order valence-corrected chi connectivity index (χ0v) is 11.1. The maximum atomic E-state index is 10.6. The average molecular weight is 254 g/mol. The summed E-state index contributed by atoms with van der Waals surface area (Å²) in [4.78, 5) is 5.03. The molecule has 0 radical (unpaired) electrons. The number of nitrogens with two attached hydrogens (primary N) is 1. The van der Waals surface area contributed by atoms with Gasteiger partial charge in [-0.3, -0.25) is 4.98 Å². The molecule has 1 heterocycles. The third-order valence-electron chi connectivity index (χ3n) is 4.06. The van der Waals surface area contributed by atoms with Gasteiger partial charge in [-0.05, 0) is 12.8 Å². The molecule has 1 aromatic rings. The van der Waals surface area contributed by atoms with Crippen LogP contribution in [0, 0.1) is 5.41 Å². The van der Waals surface area contributed by atoms with Gasteiger partial charge in [0.05, 0.1) is 16.5 Å². The molecule has 0 amide bonds. The summed E-state index contributed by atoms with van der Waals surface area (Å²) in [7, 11) is 0. The van der Waals surface area contributed by atoms with E-state index in [1.165, 1.54) is 43.4 Å². The van der Waals surface area contributed by atoms with E-state index in [0.29, 0.717) is 6.54 Å². The molecule has 3 N–H and O–H groups in total. The fraction of sp³-hybridized carbons (Fsp3) is 0.769. The summed E-state index contributed by atoms with van der Waals surface area (Å²) in [5.41, 5.74) is 7.66. The van der Waals surface area contributed by atoms with Crippen LogP contribution in [0.25, 0.3) is 0 Å². The lowest BCUT2D eigenvalue weighted by molar-refractivity contribution is 0.0109. The summed E-state index contributed by atoms with van der Waals surface area (Å²) in [6, 6.07) is 0. The van der Waals surface area contributed by atoms with Crippen LogP contribution in [0.15, 0.2) is 11.7 Å². The quantitative estimate of drug-likeness (QED) is 0.872. The average Bonchev–Trinajstić information content (AvgIpc) is 2.82. The zero-order valence-electron chi connectivity index (χ0n) is 10.3. The van der Waals surface area contributed by atoms with E-state index in [0.717, 1.165) is 17.7 Å². The lowest BCUT2D eigenvalue weighted by Gasteiger charge is -2.38. The molecule has 0 spiro atoms. The summed E-state index contributed by atoms with van der Waals surface area (Å²) >= 11 is 1.53. The van der Waals surface area contributed by atoms with Crippen molar-refractivity contribution in [3.05, 3.63) is 16.6 Å². The SMILES string of the molecule is NCC1(C(O)c2cncs2)CCCCCCC1. The van der Waals surface area contributed by atoms with Crippen molar-refractivity contribution in [2.75, 3.05) is 6.54 Å². The van der Waals surface area contributed by atoms with E-state index in [4.69, 9.17) is 5.73 Å². The highest BCUT2D eigenvalue weighted by Gasteiger charge is 2.37. The van der Waals surface area contributed by atoms with Crippen LogP contribution in [0.5, 0.6) is 0 Å². The molecule has 0 saturated heterocycles. The second kappa shape index (κ2) is 5.94. The Morgan fingerprint density at radius 1 is 1.29 bits per heavy atom. The number of thiazole rings is 1. The molecular weight excluding hydrogens is 232 g/mol. The zero-order chi connectivity index (χ0) is 12.1.